The minimum Gasteiger partial charge on any atom is -0.388 e. The van der Waals surface area contributed by atoms with E-state index >= 15 is 0 Å². The van der Waals surface area contributed by atoms with Gasteiger partial charge in [0.15, 0.2) is 0 Å². The molecule has 1 fully saturated rings. The Bertz CT molecular complexity index is 283. The minimum absolute atomic E-state index is 0.101. The van der Waals surface area contributed by atoms with Gasteiger partial charge in [0.25, 0.3) is 0 Å². The molecule has 0 spiro atoms. The number of rotatable bonds is 7. The Hall–Kier alpha value is -0.610. The second kappa shape index (κ2) is 7.25. The summed E-state index contributed by atoms with van der Waals surface area (Å²) in [7, 11) is 0. The van der Waals surface area contributed by atoms with Crippen LogP contribution in [0, 0.1) is 5.92 Å². The van der Waals surface area contributed by atoms with Crippen molar-refractivity contribution >= 4 is 5.91 Å². The van der Waals surface area contributed by atoms with Crippen molar-refractivity contribution < 1.29 is 14.6 Å². The predicted octanol–water partition coefficient (Wildman–Crippen LogP) is 2.25. The lowest BCUT2D eigenvalue weighted by atomic mass is 9.92. The molecule has 2 unspecified atom stereocenters. The molecule has 1 rings (SSSR count). The van der Waals surface area contributed by atoms with Gasteiger partial charge in [-0.05, 0) is 32.1 Å². The van der Waals surface area contributed by atoms with Crippen LogP contribution in [0.5, 0.6) is 0 Å². The van der Waals surface area contributed by atoms with Gasteiger partial charge in [0.2, 0.25) is 5.91 Å². The molecule has 2 atom stereocenters. The molecular formula is C15H29NO3. The number of nitrogens with one attached hydrogen (secondary N) is 1. The highest BCUT2D eigenvalue weighted by Crippen LogP contribution is 2.23. The highest BCUT2D eigenvalue weighted by atomic mass is 16.5. The maximum Gasteiger partial charge on any atom is 0.249 e. The fourth-order valence-electron chi connectivity index (χ4n) is 2.18. The van der Waals surface area contributed by atoms with E-state index in [0.29, 0.717) is 6.42 Å². The van der Waals surface area contributed by atoms with Crippen molar-refractivity contribution in [2.45, 2.75) is 77.6 Å². The molecule has 1 aliphatic rings. The van der Waals surface area contributed by atoms with Gasteiger partial charge in [-0.15, -0.1) is 0 Å². The van der Waals surface area contributed by atoms with E-state index < -0.39 is 5.60 Å². The molecule has 1 saturated carbocycles. The van der Waals surface area contributed by atoms with Crippen LogP contribution in [0.25, 0.3) is 0 Å². The molecule has 4 heteroatoms. The lowest BCUT2D eigenvalue weighted by molar-refractivity contribution is -0.138. The Morgan fingerprint density at radius 1 is 1.42 bits per heavy atom. The van der Waals surface area contributed by atoms with Gasteiger partial charge in [0, 0.05) is 6.54 Å². The summed E-state index contributed by atoms with van der Waals surface area (Å²) in [5.41, 5.74) is -0.874. The molecule has 0 aliphatic heterocycles. The van der Waals surface area contributed by atoms with E-state index in [1.54, 1.807) is 6.92 Å². The second-order valence-electron chi connectivity index (χ2n) is 6.17. The monoisotopic (exact) mass is 271 g/mol. The second-order valence-corrected chi connectivity index (χ2v) is 6.17. The van der Waals surface area contributed by atoms with Gasteiger partial charge in [-0.25, -0.2) is 0 Å². The van der Waals surface area contributed by atoms with Crippen molar-refractivity contribution in [3.05, 3.63) is 0 Å². The van der Waals surface area contributed by atoms with Crippen LogP contribution >= 0.6 is 0 Å². The Balaban J connectivity index is 2.40. The summed E-state index contributed by atoms with van der Waals surface area (Å²) in [5.74, 6) is -0.000970. The normalized spacial score (nSPS) is 21.4. The lowest BCUT2D eigenvalue weighted by Crippen LogP contribution is -2.47. The van der Waals surface area contributed by atoms with Crippen LogP contribution in [0.4, 0.5) is 0 Å². The van der Waals surface area contributed by atoms with Gasteiger partial charge in [-0.2, -0.15) is 0 Å². The molecular weight excluding hydrogens is 242 g/mol. The maximum atomic E-state index is 12.1. The molecule has 0 aromatic heterocycles. The molecule has 4 nitrogen and oxygen atoms in total. The Kier molecular flexibility index (Phi) is 6.27. The highest BCUT2D eigenvalue weighted by molar-refractivity contribution is 5.80. The largest absolute Gasteiger partial charge is 0.388 e. The number of hydrogen-bond acceptors (Lipinski definition) is 3. The first-order valence-electron chi connectivity index (χ1n) is 7.52. The number of ether oxygens (including phenoxy) is 1. The van der Waals surface area contributed by atoms with E-state index in [4.69, 9.17) is 4.74 Å². The molecule has 1 aliphatic carbocycles. The van der Waals surface area contributed by atoms with Gasteiger partial charge < -0.3 is 15.2 Å². The van der Waals surface area contributed by atoms with E-state index in [0.717, 1.165) is 12.8 Å². The van der Waals surface area contributed by atoms with E-state index in [2.05, 4.69) is 5.32 Å². The first kappa shape index (κ1) is 16.4. The van der Waals surface area contributed by atoms with Gasteiger partial charge >= 0.3 is 0 Å². The summed E-state index contributed by atoms with van der Waals surface area (Å²) in [5, 5.41) is 12.9. The number of hydrogen-bond donors (Lipinski definition) is 2. The Labute approximate surface area is 116 Å². The molecule has 19 heavy (non-hydrogen) atoms. The smallest absolute Gasteiger partial charge is 0.249 e. The van der Waals surface area contributed by atoms with E-state index in [-0.39, 0.29) is 30.6 Å². The summed E-state index contributed by atoms with van der Waals surface area (Å²) < 4.78 is 5.85. The molecule has 0 heterocycles. The summed E-state index contributed by atoms with van der Waals surface area (Å²) in [6, 6.07) is 0. The van der Waals surface area contributed by atoms with Crippen molar-refractivity contribution in [2.24, 2.45) is 5.92 Å². The lowest BCUT2D eigenvalue weighted by Gasteiger charge is -2.29. The Morgan fingerprint density at radius 2 is 2.00 bits per heavy atom. The molecule has 0 radical (unpaired) electrons. The zero-order valence-corrected chi connectivity index (χ0v) is 12.7. The molecule has 0 saturated heterocycles. The van der Waals surface area contributed by atoms with Crippen LogP contribution in [0.15, 0.2) is 0 Å². The van der Waals surface area contributed by atoms with E-state index in [1.807, 2.05) is 20.8 Å². The quantitative estimate of drug-likeness (QED) is 0.746. The summed E-state index contributed by atoms with van der Waals surface area (Å²) >= 11 is 0. The number of carbonyl (C=O) groups is 1. The van der Waals surface area contributed by atoms with Crippen molar-refractivity contribution in [3.8, 4) is 0 Å². The van der Waals surface area contributed by atoms with Gasteiger partial charge in [-0.3, -0.25) is 4.79 Å². The van der Waals surface area contributed by atoms with Gasteiger partial charge in [0.1, 0.15) is 6.10 Å². The van der Waals surface area contributed by atoms with E-state index in [1.165, 1.54) is 12.8 Å². The van der Waals surface area contributed by atoms with Crippen LogP contribution in [0.3, 0.4) is 0 Å². The average molecular weight is 271 g/mol. The van der Waals surface area contributed by atoms with Crippen LogP contribution < -0.4 is 5.32 Å². The fraction of sp³-hybridized carbons (Fsp3) is 0.933. The van der Waals surface area contributed by atoms with Gasteiger partial charge in [-0.1, -0.05) is 33.6 Å². The third kappa shape index (κ3) is 5.11. The van der Waals surface area contributed by atoms with Crippen LogP contribution in [0.1, 0.15) is 59.8 Å². The van der Waals surface area contributed by atoms with Crippen LogP contribution in [-0.4, -0.2) is 35.4 Å². The summed E-state index contributed by atoms with van der Waals surface area (Å²) in [6.45, 7) is 7.86. The molecule has 0 aromatic rings. The molecule has 2 N–H and O–H groups in total. The number of carbonyl (C=O) groups excluding carboxylic acids is 1. The van der Waals surface area contributed by atoms with Crippen molar-refractivity contribution in [2.75, 3.05) is 6.54 Å². The maximum absolute atomic E-state index is 12.1. The third-order valence-electron chi connectivity index (χ3n) is 4.19. The standard InChI is InChI=1S/C15H29NO3/c1-5-13(19-12-8-6-7-9-12)14(17)16-10-15(4,18)11(2)3/h11-13,18H,5-10H2,1-4H3,(H,16,17). The molecule has 112 valence electrons. The van der Waals surface area contributed by atoms with Gasteiger partial charge in [0.05, 0.1) is 11.7 Å². The minimum atomic E-state index is -0.874. The molecule has 0 aromatic carbocycles. The SMILES string of the molecule is CCC(OC1CCCC1)C(=O)NCC(C)(O)C(C)C. The van der Waals surface area contributed by atoms with Crippen LogP contribution in [-0.2, 0) is 9.53 Å². The zero-order chi connectivity index (χ0) is 14.5. The highest BCUT2D eigenvalue weighted by Gasteiger charge is 2.28. The van der Waals surface area contributed by atoms with E-state index in [9.17, 15) is 9.90 Å². The zero-order valence-electron chi connectivity index (χ0n) is 12.7. The van der Waals surface area contributed by atoms with Crippen molar-refractivity contribution in [3.63, 3.8) is 0 Å². The Morgan fingerprint density at radius 3 is 2.47 bits per heavy atom. The topological polar surface area (TPSA) is 58.6 Å². The summed E-state index contributed by atoms with van der Waals surface area (Å²) in [6.07, 6.45) is 5.05. The predicted molar refractivity (Wildman–Crippen MR) is 75.9 cm³/mol. The molecule has 0 bridgehead atoms. The third-order valence-corrected chi connectivity index (χ3v) is 4.19. The summed E-state index contributed by atoms with van der Waals surface area (Å²) in [4.78, 5) is 12.1. The van der Waals surface area contributed by atoms with Crippen molar-refractivity contribution in [1.29, 1.82) is 0 Å². The molecule has 1 amide bonds. The average Bonchev–Trinajstić information content (AvgIpc) is 2.85. The number of aliphatic hydroxyl groups is 1. The fourth-order valence-corrected chi connectivity index (χ4v) is 2.18. The first-order valence-corrected chi connectivity index (χ1v) is 7.52. The number of amides is 1. The first-order chi connectivity index (χ1) is 8.86. The van der Waals surface area contributed by atoms with Crippen molar-refractivity contribution in [1.82, 2.24) is 5.32 Å². The van der Waals surface area contributed by atoms with Crippen LogP contribution in [0.2, 0.25) is 0 Å².